The van der Waals surface area contributed by atoms with Gasteiger partial charge in [-0.15, -0.1) is 0 Å². The van der Waals surface area contributed by atoms with Gasteiger partial charge in [-0.25, -0.2) is 0 Å². The first-order chi connectivity index (χ1) is 14.3. The van der Waals surface area contributed by atoms with Crippen LogP contribution in [0.2, 0.25) is 0 Å². The van der Waals surface area contributed by atoms with Crippen LogP contribution in [0.15, 0.2) is 24.3 Å². The molecule has 0 N–H and O–H groups in total. The van der Waals surface area contributed by atoms with E-state index in [0.29, 0.717) is 31.7 Å². The van der Waals surface area contributed by atoms with Crippen LogP contribution >= 0.6 is 0 Å². The summed E-state index contributed by atoms with van der Waals surface area (Å²) >= 11 is 0. The number of morpholine rings is 1. The Morgan fingerprint density at radius 2 is 1.50 bits per heavy atom. The Kier molecular flexibility index (Phi) is 7.36. The molecule has 0 unspecified atom stereocenters. The van der Waals surface area contributed by atoms with Gasteiger partial charge < -0.3 is 19.3 Å². The average Bonchev–Trinajstić information content (AvgIpc) is 2.72. The molecule has 2 heterocycles. The highest BCUT2D eigenvalue weighted by molar-refractivity contribution is 5.94. The Morgan fingerprint density at radius 1 is 0.967 bits per heavy atom. The van der Waals surface area contributed by atoms with Crippen LogP contribution in [0.3, 0.4) is 0 Å². The zero-order valence-corrected chi connectivity index (χ0v) is 18.8. The lowest BCUT2D eigenvalue weighted by atomic mass is 9.98. The second kappa shape index (κ2) is 9.79. The maximum absolute atomic E-state index is 13.4. The van der Waals surface area contributed by atoms with Gasteiger partial charge in [0.15, 0.2) is 0 Å². The zero-order chi connectivity index (χ0) is 21.8. The SMILES string of the molecule is COc1ccc(C(=O)N2CCN(C(=O)[C@H](C(C)C)N3C[C@@H](C)O[C@@H](C)C3)CC2)cc1. The topological polar surface area (TPSA) is 62.3 Å². The van der Waals surface area contributed by atoms with Crippen molar-refractivity contribution in [3.63, 3.8) is 0 Å². The van der Waals surface area contributed by atoms with E-state index in [1.807, 2.05) is 9.80 Å². The fourth-order valence-corrected chi connectivity index (χ4v) is 4.54. The number of ether oxygens (including phenoxy) is 2. The van der Waals surface area contributed by atoms with Crippen molar-refractivity contribution < 1.29 is 19.1 Å². The molecule has 0 radical (unpaired) electrons. The number of hydrogen-bond donors (Lipinski definition) is 0. The van der Waals surface area contributed by atoms with E-state index < -0.39 is 0 Å². The summed E-state index contributed by atoms with van der Waals surface area (Å²) < 4.78 is 11.0. The molecule has 2 fully saturated rings. The summed E-state index contributed by atoms with van der Waals surface area (Å²) in [4.78, 5) is 32.2. The Balaban J connectivity index is 1.61. The predicted molar refractivity (Wildman–Crippen MR) is 116 cm³/mol. The van der Waals surface area contributed by atoms with Crippen LogP contribution in [0.25, 0.3) is 0 Å². The summed E-state index contributed by atoms with van der Waals surface area (Å²) in [5, 5.41) is 0. The maximum Gasteiger partial charge on any atom is 0.253 e. The van der Waals surface area contributed by atoms with Gasteiger partial charge in [-0.3, -0.25) is 14.5 Å². The normalized spacial score (nSPS) is 24.1. The molecule has 2 amide bonds. The van der Waals surface area contributed by atoms with E-state index in [1.165, 1.54) is 0 Å². The van der Waals surface area contributed by atoms with Crippen molar-refractivity contribution in [2.24, 2.45) is 5.92 Å². The van der Waals surface area contributed by atoms with Crippen LogP contribution in [0.5, 0.6) is 5.75 Å². The molecule has 1 aromatic rings. The summed E-state index contributed by atoms with van der Waals surface area (Å²) in [6.07, 6.45) is 0.253. The van der Waals surface area contributed by atoms with Gasteiger partial charge in [0.05, 0.1) is 25.4 Å². The van der Waals surface area contributed by atoms with Gasteiger partial charge in [-0.2, -0.15) is 0 Å². The molecule has 2 aliphatic rings. The van der Waals surface area contributed by atoms with Gasteiger partial charge in [0.1, 0.15) is 5.75 Å². The molecule has 0 aromatic heterocycles. The number of carbonyl (C=O) groups is 2. The molecule has 0 bridgehead atoms. The zero-order valence-electron chi connectivity index (χ0n) is 18.8. The van der Waals surface area contributed by atoms with Crippen LogP contribution in [-0.4, -0.2) is 91.1 Å². The highest BCUT2D eigenvalue weighted by Gasteiger charge is 2.37. The second-order valence-electron chi connectivity index (χ2n) is 8.75. The van der Waals surface area contributed by atoms with Gasteiger partial charge in [-0.1, -0.05) is 13.8 Å². The van der Waals surface area contributed by atoms with Gasteiger partial charge in [0.2, 0.25) is 5.91 Å². The molecular weight excluding hydrogens is 382 g/mol. The highest BCUT2D eigenvalue weighted by atomic mass is 16.5. The first-order valence-electron chi connectivity index (χ1n) is 10.9. The summed E-state index contributed by atoms with van der Waals surface area (Å²) in [6, 6.07) is 7.01. The highest BCUT2D eigenvalue weighted by Crippen LogP contribution is 2.21. The van der Waals surface area contributed by atoms with Crippen LogP contribution in [0, 0.1) is 5.92 Å². The quantitative estimate of drug-likeness (QED) is 0.734. The molecule has 2 aliphatic heterocycles. The maximum atomic E-state index is 13.4. The summed E-state index contributed by atoms with van der Waals surface area (Å²) in [6.45, 7) is 12.1. The standard InChI is InChI=1S/C23H35N3O4/c1-16(2)21(26-14-17(3)30-18(4)15-26)23(28)25-12-10-24(11-13-25)22(27)19-6-8-20(29-5)9-7-19/h6-9,16-18,21H,10-15H2,1-5H3/t17-,18+,21-/m0/s1. The van der Waals surface area contributed by atoms with E-state index >= 15 is 0 Å². The van der Waals surface area contributed by atoms with E-state index in [9.17, 15) is 9.59 Å². The van der Waals surface area contributed by atoms with Crippen molar-refractivity contribution >= 4 is 11.8 Å². The average molecular weight is 418 g/mol. The Labute approximate surface area is 179 Å². The molecule has 166 valence electrons. The van der Waals surface area contributed by atoms with E-state index in [2.05, 4.69) is 32.6 Å². The summed E-state index contributed by atoms with van der Waals surface area (Å²) in [5.41, 5.74) is 0.645. The molecule has 7 nitrogen and oxygen atoms in total. The molecule has 3 rings (SSSR count). The number of rotatable bonds is 5. The van der Waals surface area contributed by atoms with E-state index in [0.717, 1.165) is 18.8 Å². The first-order valence-corrected chi connectivity index (χ1v) is 10.9. The van der Waals surface area contributed by atoms with Crippen molar-refractivity contribution in [2.75, 3.05) is 46.4 Å². The van der Waals surface area contributed by atoms with E-state index in [1.54, 1.807) is 31.4 Å². The number of carbonyl (C=O) groups excluding carboxylic acids is 2. The van der Waals surface area contributed by atoms with Gasteiger partial charge in [-0.05, 0) is 44.0 Å². The smallest absolute Gasteiger partial charge is 0.253 e. The third-order valence-corrected chi connectivity index (χ3v) is 5.94. The lowest BCUT2D eigenvalue weighted by Gasteiger charge is -2.44. The lowest BCUT2D eigenvalue weighted by molar-refractivity contribution is -0.146. The fourth-order valence-electron chi connectivity index (χ4n) is 4.54. The molecule has 2 saturated heterocycles. The summed E-state index contributed by atoms with van der Waals surface area (Å²) in [5.74, 6) is 1.12. The number of nitrogens with zero attached hydrogens (tertiary/aromatic N) is 3. The molecular formula is C23H35N3O4. The largest absolute Gasteiger partial charge is 0.497 e. The fraction of sp³-hybridized carbons (Fsp3) is 0.652. The van der Waals surface area contributed by atoms with Crippen molar-refractivity contribution in [2.45, 2.75) is 45.9 Å². The molecule has 3 atom stereocenters. The minimum absolute atomic E-state index is 0.000917. The van der Waals surface area contributed by atoms with Crippen LogP contribution in [0.4, 0.5) is 0 Å². The Bertz CT molecular complexity index is 718. The van der Waals surface area contributed by atoms with Crippen molar-refractivity contribution in [3.05, 3.63) is 29.8 Å². The Morgan fingerprint density at radius 3 is 2.00 bits per heavy atom. The van der Waals surface area contributed by atoms with Crippen LogP contribution in [0.1, 0.15) is 38.1 Å². The number of methoxy groups -OCH3 is 1. The van der Waals surface area contributed by atoms with Gasteiger partial charge in [0, 0.05) is 44.8 Å². The molecule has 30 heavy (non-hydrogen) atoms. The number of hydrogen-bond acceptors (Lipinski definition) is 5. The minimum atomic E-state index is -0.150. The summed E-state index contributed by atoms with van der Waals surface area (Å²) in [7, 11) is 1.61. The third kappa shape index (κ3) is 5.13. The van der Waals surface area contributed by atoms with Gasteiger partial charge >= 0.3 is 0 Å². The van der Waals surface area contributed by atoms with Crippen molar-refractivity contribution in [1.29, 1.82) is 0 Å². The molecule has 0 aliphatic carbocycles. The molecule has 7 heteroatoms. The third-order valence-electron chi connectivity index (χ3n) is 5.94. The van der Waals surface area contributed by atoms with Crippen molar-refractivity contribution in [1.82, 2.24) is 14.7 Å². The number of amides is 2. The van der Waals surface area contributed by atoms with E-state index in [4.69, 9.17) is 9.47 Å². The first kappa shape index (κ1) is 22.6. The van der Waals surface area contributed by atoms with Crippen LogP contribution < -0.4 is 4.74 Å². The monoisotopic (exact) mass is 417 g/mol. The predicted octanol–water partition coefficient (Wildman–Crippen LogP) is 2.11. The molecule has 0 saturated carbocycles. The van der Waals surface area contributed by atoms with Crippen molar-refractivity contribution in [3.8, 4) is 5.75 Å². The number of piperazine rings is 1. The Hall–Kier alpha value is -2.12. The molecule has 0 spiro atoms. The molecule has 1 aromatic carbocycles. The second-order valence-corrected chi connectivity index (χ2v) is 8.75. The van der Waals surface area contributed by atoms with Gasteiger partial charge in [0.25, 0.3) is 5.91 Å². The minimum Gasteiger partial charge on any atom is -0.497 e. The number of benzene rings is 1. The van der Waals surface area contributed by atoms with Crippen LogP contribution in [-0.2, 0) is 9.53 Å². The lowest BCUT2D eigenvalue weighted by Crippen LogP contribution is -2.60. The van der Waals surface area contributed by atoms with E-state index in [-0.39, 0.29) is 36.0 Å².